The highest BCUT2D eigenvalue weighted by molar-refractivity contribution is 5.90. The van der Waals surface area contributed by atoms with Gasteiger partial charge in [0.15, 0.2) is 0 Å². The zero-order valence-electron chi connectivity index (χ0n) is 6.14. The Hall–Kier alpha value is -0.990. The highest BCUT2D eigenvalue weighted by atomic mass is 16.5. The Bertz CT molecular complexity index is 181. The maximum Gasteiger partial charge on any atom is 0.337 e. The molecule has 1 heterocycles. The van der Waals surface area contributed by atoms with E-state index < -0.39 is 0 Å². The number of cyclic esters (lactones) is 1. The van der Waals surface area contributed by atoms with Gasteiger partial charge in [0.25, 0.3) is 0 Å². The Morgan fingerprint density at radius 1 is 1.70 bits per heavy atom. The number of esters is 1. The van der Waals surface area contributed by atoms with E-state index in [0.717, 1.165) is 0 Å². The minimum absolute atomic E-state index is 0.237. The lowest BCUT2D eigenvalue weighted by Gasteiger charge is -1.99. The third kappa shape index (κ3) is 1.12. The highest BCUT2D eigenvalue weighted by Gasteiger charge is 2.21. The lowest BCUT2D eigenvalue weighted by molar-refractivity contribution is -0.135. The van der Waals surface area contributed by atoms with Crippen LogP contribution < -0.4 is 0 Å². The van der Waals surface area contributed by atoms with Crippen LogP contribution in [-0.2, 0) is 14.3 Å². The fourth-order valence-electron chi connectivity index (χ4n) is 0.878. The Labute approximate surface area is 59.6 Å². The normalized spacial score (nSPS) is 22.4. The van der Waals surface area contributed by atoms with E-state index in [-0.39, 0.29) is 5.97 Å². The number of ether oxygens (including phenoxy) is 2. The van der Waals surface area contributed by atoms with E-state index in [1.54, 1.807) is 14.0 Å². The van der Waals surface area contributed by atoms with Crippen molar-refractivity contribution in [1.82, 2.24) is 0 Å². The summed E-state index contributed by atoms with van der Waals surface area (Å²) >= 11 is 0. The van der Waals surface area contributed by atoms with Gasteiger partial charge in [0.2, 0.25) is 0 Å². The van der Waals surface area contributed by atoms with Crippen molar-refractivity contribution in [3.05, 3.63) is 11.3 Å². The molecule has 0 radical (unpaired) electrons. The number of hydrogen-bond donors (Lipinski definition) is 0. The van der Waals surface area contributed by atoms with Crippen LogP contribution in [0.5, 0.6) is 0 Å². The summed E-state index contributed by atoms with van der Waals surface area (Å²) in [5, 5.41) is 0. The zero-order valence-corrected chi connectivity index (χ0v) is 6.14. The van der Waals surface area contributed by atoms with E-state index in [4.69, 9.17) is 9.47 Å². The molecule has 0 aromatic carbocycles. The van der Waals surface area contributed by atoms with Crippen LogP contribution in [0.4, 0.5) is 0 Å². The summed E-state index contributed by atoms with van der Waals surface area (Å²) in [6.45, 7) is 2.26. The van der Waals surface area contributed by atoms with Crippen molar-refractivity contribution in [2.45, 2.75) is 13.3 Å². The third-order valence-electron chi connectivity index (χ3n) is 1.56. The molecule has 0 aliphatic carbocycles. The first-order chi connectivity index (χ1) is 4.75. The molecule has 0 atom stereocenters. The van der Waals surface area contributed by atoms with Gasteiger partial charge in [0, 0.05) is 6.42 Å². The standard InChI is InChI=1S/C7H10O3/c1-5(9-2)6-3-4-10-7(6)8/h3-4H2,1-2H3/b6-5-. The second-order valence-electron chi connectivity index (χ2n) is 2.12. The molecule has 0 spiro atoms. The second-order valence-corrected chi connectivity index (χ2v) is 2.12. The first-order valence-electron chi connectivity index (χ1n) is 3.16. The average molecular weight is 142 g/mol. The quantitative estimate of drug-likeness (QED) is 0.309. The first-order valence-corrected chi connectivity index (χ1v) is 3.16. The molecule has 0 amide bonds. The number of carbonyl (C=O) groups excluding carboxylic acids is 1. The molecule has 0 bridgehead atoms. The Kier molecular flexibility index (Phi) is 1.94. The minimum atomic E-state index is -0.237. The molecule has 56 valence electrons. The lowest BCUT2D eigenvalue weighted by atomic mass is 10.2. The summed E-state index contributed by atoms with van der Waals surface area (Å²) in [7, 11) is 1.55. The van der Waals surface area contributed by atoms with E-state index in [0.29, 0.717) is 24.4 Å². The van der Waals surface area contributed by atoms with Crippen LogP contribution in [0.15, 0.2) is 11.3 Å². The molecule has 1 saturated heterocycles. The van der Waals surface area contributed by atoms with E-state index in [2.05, 4.69) is 0 Å². The molecular formula is C7H10O3. The van der Waals surface area contributed by atoms with Crippen molar-refractivity contribution in [3.8, 4) is 0 Å². The molecule has 0 aromatic rings. The maximum absolute atomic E-state index is 10.8. The van der Waals surface area contributed by atoms with Gasteiger partial charge in [-0.15, -0.1) is 0 Å². The van der Waals surface area contributed by atoms with Crippen molar-refractivity contribution < 1.29 is 14.3 Å². The largest absolute Gasteiger partial charge is 0.501 e. The Morgan fingerprint density at radius 2 is 2.40 bits per heavy atom. The van der Waals surface area contributed by atoms with Crippen molar-refractivity contribution in [2.75, 3.05) is 13.7 Å². The zero-order chi connectivity index (χ0) is 7.56. The van der Waals surface area contributed by atoms with Crippen LogP contribution in [-0.4, -0.2) is 19.7 Å². The van der Waals surface area contributed by atoms with Gasteiger partial charge >= 0.3 is 5.97 Å². The van der Waals surface area contributed by atoms with Crippen LogP contribution >= 0.6 is 0 Å². The second kappa shape index (κ2) is 2.73. The van der Waals surface area contributed by atoms with Crippen LogP contribution in [0.2, 0.25) is 0 Å². The van der Waals surface area contributed by atoms with Gasteiger partial charge in [0.1, 0.15) is 5.76 Å². The summed E-state index contributed by atoms with van der Waals surface area (Å²) in [4.78, 5) is 10.8. The predicted octanol–water partition coefficient (Wildman–Crippen LogP) is 0.854. The van der Waals surface area contributed by atoms with Crippen LogP contribution in [0.1, 0.15) is 13.3 Å². The van der Waals surface area contributed by atoms with Gasteiger partial charge in [-0.1, -0.05) is 0 Å². The summed E-state index contributed by atoms with van der Waals surface area (Å²) in [5.41, 5.74) is 0.669. The van der Waals surface area contributed by atoms with Crippen molar-refractivity contribution >= 4 is 5.97 Å². The number of allylic oxidation sites excluding steroid dienone is 1. The molecular weight excluding hydrogens is 132 g/mol. The highest BCUT2D eigenvalue weighted by Crippen LogP contribution is 2.17. The molecule has 0 aromatic heterocycles. The summed E-state index contributed by atoms with van der Waals surface area (Å²) < 4.78 is 9.59. The monoisotopic (exact) mass is 142 g/mol. The molecule has 3 heteroatoms. The fourth-order valence-corrected chi connectivity index (χ4v) is 0.878. The predicted molar refractivity (Wildman–Crippen MR) is 35.3 cm³/mol. The first kappa shape index (κ1) is 7.12. The summed E-state index contributed by atoms with van der Waals surface area (Å²) in [6, 6.07) is 0. The molecule has 0 saturated carbocycles. The van der Waals surface area contributed by atoms with Gasteiger partial charge in [-0.05, 0) is 6.92 Å². The van der Waals surface area contributed by atoms with Crippen molar-refractivity contribution in [1.29, 1.82) is 0 Å². The van der Waals surface area contributed by atoms with Gasteiger partial charge in [-0.3, -0.25) is 0 Å². The molecule has 10 heavy (non-hydrogen) atoms. The van der Waals surface area contributed by atoms with Gasteiger partial charge < -0.3 is 9.47 Å². The third-order valence-corrected chi connectivity index (χ3v) is 1.56. The smallest absolute Gasteiger partial charge is 0.337 e. The number of methoxy groups -OCH3 is 1. The molecule has 1 aliphatic heterocycles. The van der Waals surface area contributed by atoms with E-state index in [9.17, 15) is 4.79 Å². The van der Waals surface area contributed by atoms with E-state index >= 15 is 0 Å². The maximum atomic E-state index is 10.8. The fraction of sp³-hybridized carbons (Fsp3) is 0.571. The van der Waals surface area contributed by atoms with Crippen LogP contribution in [0.3, 0.4) is 0 Å². The molecule has 0 N–H and O–H groups in total. The van der Waals surface area contributed by atoms with Crippen molar-refractivity contribution in [3.63, 3.8) is 0 Å². The van der Waals surface area contributed by atoms with E-state index in [1.807, 2.05) is 0 Å². The van der Waals surface area contributed by atoms with Gasteiger partial charge in [-0.25, -0.2) is 4.79 Å². The minimum Gasteiger partial charge on any atom is -0.501 e. The molecule has 0 unspecified atom stereocenters. The molecule has 3 nitrogen and oxygen atoms in total. The van der Waals surface area contributed by atoms with Crippen LogP contribution in [0, 0.1) is 0 Å². The molecule has 1 rings (SSSR count). The number of rotatable bonds is 1. The van der Waals surface area contributed by atoms with Crippen LogP contribution in [0.25, 0.3) is 0 Å². The van der Waals surface area contributed by atoms with Crippen molar-refractivity contribution in [2.24, 2.45) is 0 Å². The molecule has 1 aliphatic rings. The average Bonchev–Trinajstić information content (AvgIpc) is 2.34. The van der Waals surface area contributed by atoms with Gasteiger partial charge in [-0.2, -0.15) is 0 Å². The van der Waals surface area contributed by atoms with E-state index in [1.165, 1.54) is 0 Å². The summed E-state index contributed by atoms with van der Waals surface area (Å²) in [5.74, 6) is 0.432. The summed E-state index contributed by atoms with van der Waals surface area (Å²) in [6.07, 6.45) is 0.679. The number of hydrogen-bond acceptors (Lipinski definition) is 3. The Balaban J connectivity index is 2.79. The molecule has 1 fully saturated rings. The lowest BCUT2D eigenvalue weighted by Crippen LogP contribution is -1.98. The Morgan fingerprint density at radius 3 is 2.80 bits per heavy atom. The number of carbonyl (C=O) groups is 1. The SMILES string of the molecule is CO/C(C)=C1/CCOC1=O. The topological polar surface area (TPSA) is 35.5 Å². The van der Waals surface area contributed by atoms with Gasteiger partial charge in [0.05, 0.1) is 19.3 Å².